The van der Waals surface area contributed by atoms with Gasteiger partial charge < -0.3 is 16.8 Å². The zero-order chi connectivity index (χ0) is 18.7. The molecule has 0 bridgehead atoms. The van der Waals surface area contributed by atoms with Gasteiger partial charge in [-0.1, -0.05) is 63.5 Å². The maximum absolute atomic E-state index is 12.0. The summed E-state index contributed by atoms with van der Waals surface area (Å²) < 4.78 is 0. The number of unbranched alkanes of at least 4 members (excludes halogenated alkanes) is 7. The second-order valence-electron chi connectivity index (χ2n) is 5.86. The molecule has 1 heterocycles. The largest absolute Gasteiger partial charge is 0.382 e. The van der Waals surface area contributed by atoms with Gasteiger partial charge in [-0.2, -0.15) is 0 Å². The number of nitrogen functional groups attached to an aromatic ring is 2. The van der Waals surface area contributed by atoms with E-state index in [0.717, 1.165) is 12.8 Å². The SMILES string of the molecule is CCCCCCCCCCNC(=N)NC(=O)c1nc(Cl)c(N)nc1N. The van der Waals surface area contributed by atoms with Crippen LogP contribution in [-0.4, -0.2) is 28.4 Å². The van der Waals surface area contributed by atoms with Crippen LogP contribution in [0, 0.1) is 5.41 Å². The van der Waals surface area contributed by atoms with Gasteiger partial charge in [-0.15, -0.1) is 0 Å². The number of carbonyl (C=O) groups is 1. The average molecular weight is 370 g/mol. The molecular weight excluding hydrogens is 342 g/mol. The van der Waals surface area contributed by atoms with Crippen LogP contribution in [0.5, 0.6) is 0 Å². The molecule has 9 heteroatoms. The highest BCUT2D eigenvalue weighted by Crippen LogP contribution is 2.17. The molecule has 0 aliphatic heterocycles. The topological polar surface area (TPSA) is 143 Å². The first kappa shape index (κ1) is 21.0. The first-order valence-electron chi connectivity index (χ1n) is 8.68. The van der Waals surface area contributed by atoms with E-state index in [1.165, 1.54) is 38.5 Å². The Bertz CT molecular complexity index is 580. The van der Waals surface area contributed by atoms with Crippen molar-refractivity contribution in [2.75, 3.05) is 18.0 Å². The lowest BCUT2D eigenvalue weighted by Gasteiger charge is -2.10. The molecule has 0 aliphatic carbocycles. The van der Waals surface area contributed by atoms with Crippen molar-refractivity contribution < 1.29 is 4.79 Å². The molecular formula is C16H28ClN7O. The number of halogens is 1. The Hall–Kier alpha value is -2.09. The van der Waals surface area contributed by atoms with E-state index in [2.05, 4.69) is 27.5 Å². The van der Waals surface area contributed by atoms with Crippen LogP contribution in [0.3, 0.4) is 0 Å². The third kappa shape index (κ3) is 8.02. The molecule has 0 radical (unpaired) electrons. The summed E-state index contributed by atoms with van der Waals surface area (Å²) in [7, 11) is 0. The number of rotatable bonds is 10. The van der Waals surface area contributed by atoms with E-state index < -0.39 is 5.91 Å². The molecule has 0 fully saturated rings. The summed E-state index contributed by atoms with van der Waals surface area (Å²) >= 11 is 5.73. The van der Waals surface area contributed by atoms with Crippen LogP contribution in [-0.2, 0) is 0 Å². The van der Waals surface area contributed by atoms with E-state index in [-0.39, 0.29) is 28.4 Å². The van der Waals surface area contributed by atoms with Crippen LogP contribution in [0.2, 0.25) is 5.15 Å². The standard InChI is InChI=1S/C16H28ClN7O/c1-2-3-4-5-6-7-8-9-10-21-16(20)24-15(25)11-13(18)23-14(19)12(17)22-11/h2-10H2,1H3,(H4,18,19,23)(H3,20,21,24,25). The summed E-state index contributed by atoms with van der Waals surface area (Å²) in [6.07, 6.45) is 9.68. The predicted molar refractivity (Wildman–Crippen MR) is 102 cm³/mol. The number of hydrogen-bond acceptors (Lipinski definition) is 6. The van der Waals surface area contributed by atoms with Gasteiger partial charge in [0.05, 0.1) is 0 Å². The van der Waals surface area contributed by atoms with E-state index in [9.17, 15) is 4.79 Å². The first-order valence-corrected chi connectivity index (χ1v) is 9.05. The molecule has 0 atom stereocenters. The van der Waals surface area contributed by atoms with E-state index >= 15 is 0 Å². The third-order valence-corrected chi connectivity index (χ3v) is 3.97. The monoisotopic (exact) mass is 369 g/mol. The highest BCUT2D eigenvalue weighted by atomic mass is 35.5. The molecule has 1 rings (SSSR count). The normalized spacial score (nSPS) is 10.5. The van der Waals surface area contributed by atoms with Gasteiger partial charge in [0.2, 0.25) is 0 Å². The highest BCUT2D eigenvalue weighted by molar-refractivity contribution is 6.31. The zero-order valence-electron chi connectivity index (χ0n) is 14.7. The average Bonchev–Trinajstić information content (AvgIpc) is 2.56. The fraction of sp³-hybridized carbons (Fsp3) is 0.625. The maximum atomic E-state index is 12.0. The fourth-order valence-electron chi connectivity index (χ4n) is 2.30. The van der Waals surface area contributed by atoms with Crippen molar-refractivity contribution in [2.45, 2.75) is 58.3 Å². The minimum Gasteiger partial charge on any atom is -0.382 e. The van der Waals surface area contributed by atoms with Crippen molar-refractivity contribution >= 4 is 35.1 Å². The van der Waals surface area contributed by atoms with Crippen molar-refractivity contribution in [3.63, 3.8) is 0 Å². The van der Waals surface area contributed by atoms with Crippen LogP contribution in [0.15, 0.2) is 0 Å². The molecule has 0 aliphatic rings. The molecule has 0 spiro atoms. The molecule has 7 N–H and O–H groups in total. The van der Waals surface area contributed by atoms with E-state index in [0.29, 0.717) is 6.54 Å². The number of carbonyl (C=O) groups excluding carboxylic acids is 1. The minimum atomic E-state index is -0.652. The molecule has 0 aromatic carbocycles. The Labute approximate surface area is 153 Å². The quantitative estimate of drug-likeness (QED) is 0.244. The highest BCUT2D eigenvalue weighted by Gasteiger charge is 2.16. The smallest absolute Gasteiger partial charge is 0.280 e. The van der Waals surface area contributed by atoms with Gasteiger partial charge in [0.1, 0.15) is 0 Å². The third-order valence-electron chi connectivity index (χ3n) is 3.69. The minimum absolute atomic E-state index is 0.0430. The van der Waals surface area contributed by atoms with E-state index in [4.69, 9.17) is 28.5 Å². The Morgan fingerprint density at radius 1 is 1.04 bits per heavy atom. The van der Waals surface area contributed by atoms with Crippen LogP contribution >= 0.6 is 11.6 Å². The molecule has 8 nitrogen and oxygen atoms in total. The van der Waals surface area contributed by atoms with Crippen LogP contribution in [0.4, 0.5) is 11.6 Å². The Morgan fingerprint density at radius 3 is 2.28 bits per heavy atom. The Balaban J connectivity index is 2.22. The predicted octanol–water partition coefficient (Wildman–Crippen LogP) is 2.69. The lowest BCUT2D eigenvalue weighted by molar-refractivity contribution is 0.0971. The molecule has 1 aromatic heterocycles. The zero-order valence-corrected chi connectivity index (χ0v) is 15.5. The summed E-state index contributed by atoms with van der Waals surface area (Å²) in [5.74, 6) is -0.934. The lowest BCUT2D eigenvalue weighted by atomic mass is 10.1. The second kappa shape index (κ2) is 11.5. The van der Waals surface area contributed by atoms with Crippen molar-refractivity contribution in [1.29, 1.82) is 5.41 Å². The number of nitrogens with two attached hydrogens (primary N) is 2. The number of nitrogens with zero attached hydrogens (tertiary/aromatic N) is 2. The van der Waals surface area contributed by atoms with Gasteiger partial charge in [-0.25, -0.2) is 9.97 Å². The number of guanidine groups is 1. The molecule has 0 unspecified atom stereocenters. The van der Waals surface area contributed by atoms with Gasteiger partial charge in [-0.3, -0.25) is 15.5 Å². The Kier molecular flexibility index (Phi) is 9.61. The van der Waals surface area contributed by atoms with Crippen molar-refractivity contribution in [2.24, 2.45) is 0 Å². The summed E-state index contributed by atoms with van der Waals surface area (Å²) in [5.41, 5.74) is 10.9. The van der Waals surface area contributed by atoms with Gasteiger partial charge in [0, 0.05) is 6.54 Å². The van der Waals surface area contributed by atoms with E-state index in [1.54, 1.807) is 0 Å². The fourth-order valence-corrected chi connectivity index (χ4v) is 2.42. The van der Waals surface area contributed by atoms with Gasteiger partial charge in [0.25, 0.3) is 5.91 Å². The summed E-state index contributed by atoms with van der Waals surface area (Å²) in [4.78, 5) is 19.6. The molecule has 25 heavy (non-hydrogen) atoms. The first-order chi connectivity index (χ1) is 12.0. The molecule has 140 valence electrons. The molecule has 1 aromatic rings. The number of hydrogen-bond donors (Lipinski definition) is 5. The Morgan fingerprint density at radius 2 is 1.64 bits per heavy atom. The summed E-state index contributed by atoms with van der Waals surface area (Å²) in [5, 5.41) is 12.8. The molecule has 0 saturated heterocycles. The molecule has 1 amide bonds. The number of aromatic nitrogens is 2. The van der Waals surface area contributed by atoms with Gasteiger partial charge in [-0.05, 0) is 6.42 Å². The number of amides is 1. The van der Waals surface area contributed by atoms with E-state index in [1.807, 2.05) is 0 Å². The summed E-state index contributed by atoms with van der Waals surface area (Å²) in [6.45, 7) is 2.83. The lowest BCUT2D eigenvalue weighted by Crippen LogP contribution is -2.41. The van der Waals surface area contributed by atoms with Crippen LogP contribution < -0.4 is 22.1 Å². The summed E-state index contributed by atoms with van der Waals surface area (Å²) in [6, 6.07) is 0. The van der Waals surface area contributed by atoms with Crippen molar-refractivity contribution in [3.05, 3.63) is 10.8 Å². The van der Waals surface area contributed by atoms with Crippen molar-refractivity contribution in [1.82, 2.24) is 20.6 Å². The molecule has 0 saturated carbocycles. The van der Waals surface area contributed by atoms with Gasteiger partial charge >= 0.3 is 0 Å². The van der Waals surface area contributed by atoms with Crippen LogP contribution in [0.1, 0.15) is 68.8 Å². The maximum Gasteiger partial charge on any atom is 0.280 e. The van der Waals surface area contributed by atoms with Crippen LogP contribution in [0.25, 0.3) is 0 Å². The van der Waals surface area contributed by atoms with Gasteiger partial charge in [0.15, 0.2) is 28.4 Å². The number of nitrogens with one attached hydrogen (secondary N) is 3. The number of anilines is 2. The van der Waals surface area contributed by atoms with Crippen molar-refractivity contribution in [3.8, 4) is 0 Å². The second-order valence-corrected chi connectivity index (χ2v) is 6.22.